The van der Waals surface area contributed by atoms with E-state index in [1.165, 1.54) is 28.8 Å². The van der Waals surface area contributed by atoms with Crippen molar-refractivity contribution >= 4 is 28.7 Å². The van der Waals surface area contributed by atoms with E-state index < -0.39 is 52.0 Å². The lowest BCUT2D eigenvalue weighted by molar-refractivity contribution is -0.217. The average molecular weight is 602 g/mol. The first kappa shape index (κ1) is 32.8. The molecule has 0 amide bonds. The van der Waals surface area contributed by atoms with E-state index in [1.54, 1.807) is 6.92 Å². The third-order valence-corrected chi connectivity index (χ3v) is 10.5. The second-order valence-electron chi connectivity index (χ2n) is 9.45. The number of nitrogens with one attached hydrogen (secondary N) is 1. The van der Waals surface area contributed by atoms with E-state index in [4.69, 9.17) is 9.26 Å². The lowest BCUT2D eigenvalue weighted by Gasteiger charge is -2.38. The number of H-pyrrole nitrogens is 1. The Labute approximate surface area is 220 Å². The van der Waals surface area contributed by atoms with Gasteiger partial charge >= 0.3 is 19.3 Å². The van der Waals surface area contributed by atoms with Gasteiger partial charge in [-0.15, -0.1) is 0 Å². The fraction of sp³-hybridized carbons (Fsp3) is 0.750. The molecule has 2 aliphatic rings. The number of aromatic amines is 1. The zero-order valence-electron chi connectivity index (χ0n) is 21.9. The van der Waals surface area contributed by atoms with Gasteiger partial charge in [0.05, 0.1) is 32.6 Å². The normalized spacial score (nSPS) is 25.5. The molecular formula is C20H35N3O12P3-. The van der Waals surface area contributed by atoms with Crippen molar-refractivity contribution in [1.82, 2.24) is 14.2 Å². The van der Waals surface area contributed by atoms with Crippen molar-refractivity contribution in [2.24, 2.45) is 5.92 Å². The smallest absolute Gasteiger partial charge is 0.383 e. The summed E-state index contributed by atoms with van der Waals surface area (Å²) in [6.07, 6.45) is 1.35. The van der Waals surface area contributed by atoms with E-state index >= 15 is 0 Å². The number of aliphatic hydroxyl groups excluding tert-OH is 1. The summed E-state index contributed by atoms with van der Waals surface area (Å²) in [7, 11) is -10.6. The second kappa shape index (κ2) is 13.3. The molecule has 0 aromatic carbocycles. The monoisotopic (exact) mass is 602 g/mol. The third kappa shape index (κ3) is 10.3. The predicted octanol–water partition coefficient (Wildman–Crippen LogP) is 0.901. The standard InChI is InChI=1S/C15H24N3O7P.C5H12O5P2/c1-10-8-18(15(21)16-14(10)20)12-6-11(13(19)7-12)9-25-26(22,23)17-2-4-24-5-3-17;1-5(6)9-12(4,8)10-11(2,3)7/h8,11-13,19H,2-7,9H2,1H3,(H,22,23)(H,16,20,21);1-4H3/p-1/t11-,12-,13-;/m1./s1. The number of aromatic nitrogens is 2. The van der Waals surface area contributed by atoms with Gasteiger partial charge in [0.25, 0.3) is 5.56 Å². The van der Waals surface area contributed by atoms with Crippen molar-refractivity contribution in [2.75, 3.05) is 52.9 Å². The summed E-state index contributed by atoms with van der Waals surface area (Å²) in [5.41, 5.74) is -0.583. The van der Waals surface area contributed by atoms with Crippen LogP contribution in [0.1, 0.15) is 31.4 Å². The molecule has 218 valence electrons. The van der Waals surface area contributed by atoms with E-state index in [0.717, 1.165) is 13.6 Å². The minimum Gasteiger partial charge on any atom is -0.766 e. The lowest BCUT2D eigenvalue weighted by atomic mass is 10.1. The van der Waals surface area contributed by atoms with Crippen LogP contribution in [0.4, 0.5) is 0 Å². The molecule has 1 aromatic heterocycles. The van der Waals surface area contributed by atoms with Gasteiger partial charge in [0, 0.05) is 57.1 Å². The van der Waals surface area contributed by atoms with Crippen LogP contribution in [0.15, 0.2) is 15.8 Å². The molecule has 5 atom stereocenters. The molecule has 1 saturated carbocycles. The molecule has 2 N–H and O–H groups in total. The molecule has 3 rings (SSSR count). The largest absolute Gasteiger partial charge is 0.766 e. The summed E-state index contributed by atoms with van der Waals surface area (Å²) in [4.78, 5) is 48.3. The molecule has 0 spiro atoms. The first-order valence-electron chi connectivity index (χ1n) is 11.7. The molecule has 0 radical (unpaired) electrons. The fourth-order valence-corrected chi connectivity index (χ4v) is 8.67. The van der Waals surface area contributed by atoms with E-state index in [2.05, 4.69) is 13.8 Å². The Morgan fingerprint density at radius 3 is 2.34 bits per heavy atom. The highest BCUT2D eigenvalue weighted by molar-refractivity contribution is 7.68. The summed E-state index contributed by atoms with van der Waals surface area (Å²) in [6.45, 7) is 7.43. The van der Waals surface area contributed by atoms with Gasteiger partial charge in [0.1, 0.15) is 0 Å². The third-order valence-electron chi connectivity index (χ3n) is 5.60. The Balaban J connectivity index is 0.000000358. The Morgan fingerprint density at radius 2 is 1.79 bits per heavy atom. The van der Waals surface area contributed by atoms with E-state index in [-0.39, 0.29) is 25.7 Å². The summed E-state index contributed by atoms with van der Waals surface area (Å²) < 4.78 is 56.3. The van der Waals surface area contributed by atoms with Crippen molar-refractivity contribution in [1.29, 1.82) is 0 Å². The van der Waals surface area contributed by atoms with Gasteiger partial charge in [0.15, 0.2) is 0 Å². The topological polar surface area (TPSA) is 207 Å². The van der Waals surface area contributed by atoms with Crippen LogP contribution in [-0.2, 0) is 36.6 Å². The van der Waals surface area contributed by atoms with Crippen molar-refractivity contribution < 1.29 is 46.6 Å². The Bertz CT molecular complexity index is 1240. The number of rotatable bonds is 8. The zero-order chi connectivity index (χ0) is 28.9. The minimum absolute atomic E-state index is 0.146. The maximum atomic E-state index is 12.2. The quantitative estimate of drug-likeness (QED) is 0.397. The lowest BCUT2D eigenvalue weighted by Crippen LogP contribution is -2.38. The van der Waals surface area contributed by atoms with Crippen LogP contribution in [0, 0.1) is 12.8 Å². The van der Waals surface area contributed by atoms with Crippen LogP contribution in [0.5, 0.6) is 0 Å². The fourth-order valence-electron chi connectivity index (χ4n) is 4.02. The maximum absolute atomic E-state index is 12.2. The zero-order valence-corrected chi connectivity index (χ0v) is 24.6. The first-order valence-corrected chi connectivity index (χ1v) is 17.7. The van der Waals surface area contributed by atoms with Crippen molar-refractivity contribution in [3.05, 3.63) is 32.6 Å². The van der Waals surface area contributed by atoms with Crippen LogP contribution in [0.3, 0.4) is 0 Å². The number of hydrogen-bond donors (Lipinski definition) is 2. The number of morpholine rings is 1. The summed E-state index contributed by atoms with van der Waals surface area (Å²) >= 11 is 0. The van der Waals surface area contributed by atoms with Gasteiger partial charge in [-0.1, -0.05) is 0 Å². The molecular weight excluding hydrogens is 567 g/mol. The van der Waals surface area contributed by atoms with Crippen LogP contribution in [0.25, 0.3) is 0 Å². The van der Waals surface area contributed by atoms with Gasteiger partial charge in [0.2, 0.25) is 15.1 Å². The van der Waals surface area contributed by atoms with E-state index in [9.17, 15) is 38.1 Å². The average Bonchev–Trinajstić information content (AvgIpc) is 3.13. The second-order valence-corrected chi connectivity index (χ2v) is 16.1. The number of hydrogen-bond acceptors (Lipinski definition) is 12. The van der Waals surface area contributed by atoms with Gasteiger partial charge in [-0.3, -0.25) is 28.3 Å². The molecule has 0 bridgehead atoms. The molecule has 2 unspecified atom stereocenters. The Morgan fingerprint density at radius 1 is 1.18 bits per heavy atom. The van der Waals surface area contributed by atoms with Gasteiger partial charge in [-0.2, -0.15) is 0 Å². The predicted molar refractivity (Wildman–Crippen MR) is 136 cm³/mol. The number of aryl methyl sites for hydroxylation is 1. The maximum Gasteiger partial charge on any atom is 0.383 e. The number of carbonyl (C=O) groups is 1. The first-order chi connectivity index (χ1) is 17.4. The Hall–Kier alpha value is -1.40. The molecule has 2 heterocycles. The molecule has 15 nitrogen and oxygen atoms in total. The van der Waals surface area contributed by atoms with E-state index in [0.29, 0.717) is 31.6 Å². The van der Waals surface area contributed by atoms with Crippen molar-refractivity contribution in [3.63, 3.8) is 0 Å². The highest BCUT2D eigenvalue weighted by atomic mass is 31.3. The van der Waals surface area contributed by atoms with Gasteiger partial charge in [-0.25, -0.2) is 18.3 Å². The number of ether oxygens (including phenoxy) is 1. The van der Waals surface area contributed by atoms with E-state index in [1.807, 2.05) is 0 Å². The molecule has 1 aliphatic carbocycles. The molecule has 38 heavy (non-hydrogen) atoms. The summed E-state index contributed by atoms with van der Waals surface area (Å²) in [6, 6.07) is -0.323. The molecule has 18 heteroatoms. The molecule has 2 fully saturated rings. The van der Waals surface area contributed by atoms with Crippen LogP contribution < -0.4 is 16.1 Å². The highest BCUT2D eigenvalue weighted by Gasteiger charge is 2.36. The van der Waals surface area contributed by atoms with Crippen LogP contribution >= 0.6 is 22.7 Å². The van der Waals surface area contributed by atoms with Crippen molar-refractivity contribution in [3.8, 4) is 0 Å². The number of aliphatic hydroxyl groups is 1. The number of nitrogens with zero attached hydrogens (tertiary/aromatic N) is 2. The van der Waals surface area contributed by atoms with Gasteiger partial charge < -0.3 is 23.8 Å². The minimum atomic E-state index is -4.19. The van der Waals surface area contributed by atoms with Gasteiger partial charge in [-0.05, 0) is 19.8 Å². The highest BCUT2D eigenvalue weighted by Crippen LogP contribution is 2.58. The number of carbonyl (C=O) groups excluding carboxylic acids is 1. The van der Waals surface area contributed by atoms with Crippen LogP contribution in [0.2, 0.25) is 0 Å². The van der Waals surface area contributed by atoms with Crippen molar-refractivity contribution in [2.45, 2.75) is 38.8 Å². The van der Waals surface area contributed by atoms with Crippen LogP contribution in [-0.4, -0.2) is 84.3 Å². The molecule has 1 aliphatic heterocycles. The molecule has 1 saturated heterocycles. The molecule has 1 aromatic rings. The Kier molecular flexibility index (Phi) is 11.5. The summed E-state index contributed by atoms with van der Waals surface area (Å²) in [5.74, 6) is -1.13. The summed E-state index contributed by atoms with van der Waals surface area (Å²) in [5, 5.41) is 10.2. The SMILES string of the molecule is CC(=O)OP(C)(=O)OP(C)(C)=O.Cc1cn([C@@H]2C[C@H](COP(=O)([O-])N3CCOCC3)[C@H](O)C2)c(=O)[nH]c1=O.